The maximum Gasteiger partial charge on any atom is 0.271 e. The van der Waals surface area contributed by atoms with Gasteiger partial charge in [-0.1, -0.05) is 0 Å². The summed E-state index contributed by atoms with van der Waals surface area (Å²) in [5, 5.41) is 5.20. The Balaban J connectivity index is 0.00000288. The average molecular weight is 374 g/mol. The van der Waals surface area contributed by atoms with Crippen LogP contribution in [0.25, 0.3) is 0 Å². The summed E-state index contributed by atoms with van der Waals surface area (Å²) < 4.78 is 15.9. The van der Waals surface area contributed by atoms with E-state index >= 15 is 0 Å². The highest BCUT2D eigenvalue weighted by molar-refractivity contribution is 7.09. The molecule has 2 aromatic rings. The third-order valence-corrected chi connectivity index (χ3v) is 4.07. The molecule has 0 atom stereocenters. The summed E-state index contributed by atoms with van der Waals surface area (Å²) in [6.45, 7) is 0.558. The molecule has 0 saturated heterocycles. The maximum absolute atomic E-state index is 12.2. The molecule has 132 valence electrons. The van der Waals surface area contributed by atoms with Crippen LogP contribution in [0.15, 0.2) is 17.5 Å². The molecule has 1 aromatic heterocycles. The first kappa shape index (κ1) is 20.0. The summed E-state index contributed by atoms with van der Waals surface area (Å²) in [5.74, 6) is 1.48. The Morgan fingerprint density at radius 3 is 2.29 bits per heavy atom. The number of rotatable bonds is 7. The molecule has 0 radical (unpaired) electrons. The Kier molecular flexibility index (Phi) is 7.76. The molecule has 1 heterocycles. The molecule has 1 amide bonds. The van der Waals surface area contributed by atoms with Gasteiger partial charge in [0.1, 0.15) is 28.0 Å². The smallest absolute Gasteiger partial charge is 0.271 e. The molecule has 0 aliphatic heterocycles. The highest BCUT2D eigenvalue weighted by Crippen LogP contribution is 2.33. The van der Waals surface area contributed by atoms with Gasteiger partial charge in [0.15, 0.2) is 0 Å². The van der Waals surface area contributed by atoms with Crippen LogP contribution in [0.1, 0.15) is 21.1 Å². The van der Waals surface area contributed by atoms with Crippen LogP contribution >= 0.6 is 23.7 Å². The second-order valence-corrected chi connectivity index (χ2v) is 5.47. The van der Waals surface area contributed by atoms with E-state index in [1.165, 1.54) is 11.3 Å². The van der Waals surface area contributed by atoms with Crippen molar-refractivity contribution < 1.29 is 19.0 Å². The predicted octanol–water partition coefficient (Wildman–Crippen LogP) is 1.98. The second kappa shape index (κ2) is 9.31. The van der Waals surface area contributed by atoms with Crippen LogP contribution in [0.2, 0.25) is 0 Å². The van der Waals surface area contributed by atoms with E-state index in [0.29, 0.717) is 29.5 Å². The summed E-state index contributed by atoms with van der Waals surface area (Å²) in [5.41, 5.74) is 6.57. The van der Waals surface area contributed by atoms with Gasteiger partial charge in [0, 0.05) is 24.1 Å². The topological polar surface area (TPSA) is 95.7 Å². The average Bonchev–Trinajstić information content (AvgIpc) is 3.08. The van der Waals surface area contributed by atoms with Crippen molar-refractivity contribution in [3.63, 3.8) is 0 Å². The number of carbonyl (C=O) groups excluding carboxylic acids is 1. The lowest BCUT2D eigenvalue weighted by Crippen LogP contribution is -2.23. The Morgan fingerprint density at radius 2 is 1.83 bits per heavy atom. The Bertz CT molecular complexity index is 668. The van der Waals surface area contributed by atoms with Crippen LogP contribution in [0, 0.1) is 0 Å². The Hall–Kier alpha value is -2.03. The van der Waals surface area contributed by atoms with Crippen LogP contribution in [0.4, 0.5) is 0 Å². The molecule has 0 saturated carbocycles. The number of aromatic nitrogens is 1. The van der Waals surface area contributed by atoms with E-state index in [9.17, 15) is 4.79 Å². The van der Waals surface area contributed by atoms with Gasteiger partial charge in [-0.05, 0) is 0 Å². The largest absolute Gasteiger partial charge is 0.496 e. The van der Waals surface area contributed by atoms with Crippen molar-refractivity contribution in [3.05, 3.63) is 33.8 Å². The zero-order chi connectivity index (χ0) is 16.8. The van der Waals surface area contributed by atoms with Gasteiger partial charge in [0.05, 0.1) is 33.4 Å². The third kappa shape index (κ3) is 4.50. The second-order valence-electron chi connectivity index (χ2n) is 4.52. The minimum atomic E-state index is -0.277. The van der Waals surface area contributed by atoms with E-state index in [4.69, 9.17) is 19.9 Å². The van der Waals surface area contributed by atoms with Gasteiger partial charge in [0.25, 0.3) is 5.91 Å². The summed E-state index contributed by atoms with van der Waals surface area (Å²) in [4.78, 5) is 16.3. The van der Waals surface area contributed by atoms with Gasteiger partial charge in [-0.3, -0.25) is 4.79 Å². The fourth-order valence-corrected chi connectivity index (χ4v) is 2.67. The quantitative estimate of drug-likeness (QED) is 0.770. The van der Waals surface area contributed by atoms with Crippen molar-refractivity contribution in [2.75, 3.05) is 21.3 Å². The van der Waals surface area contributed by atoms with Crippen LogP contribution < -0.4 is 25.3 Å². The van der Waals surface area contributed by atoms with Crippen molar-refractivity contribution in [1.82, 2.24) is 10.3 Å². The molecule has 3 N–H and O–H groups in total. The predicted molar refractivity (Wildman–Crippen MR) is 94.5 cm³/mol. The van der Waals surface area contributed by atoms with Gasteiger partial charge in [-0.25, -0.2) is 4.98 Å². The zero-order valence-corrected chi connectivity index (χ0v) is 15.3. The van der Waals surface area contributed by atoms with E-state index in [1.54, 1.807) is 38.8 Å². The number of thiazole rings is 1. The van der Waals surface area contributed by atoms with E-state index < -0.39 is 0 Å². The van der Waals surface area contributed by atoms with Crippen molar-refractivity contribution in [1.29, 1.82) is 0 Å². The van der Waals surface area contributed by atoms with E-state index in [2.05, 4.69) is 10.3 Å². The number of ether oxygens (including phenoxy) is 3. The number of carbonyl (C=O) groups is 1. The van der Waals surface area contributed by atoms with Crippen molar-refractivity contribution in [2.45, 2.75) is 13.1 Å². The Labute approximate surface area is 150 Å². The molecule has 7 nitrogen and oxygen atoms in total. The number of halogens is 1. The molecular weight excluding hydrogens is 354 g/mol. The van der Waals surface area contributed by atoms with Crippen molar-refractivity contribution >= 4 is 29.7 Å². The Morgan fingerprint density at radius 1 is 1.21 bits per heavy atom. The molecule has 0 fully saturated rings. The number of nitrogens with zero attached hydrogens (tertiary/aromatic N) is 1. The molecule has 0 spiro atoms. The summed E-state index contributed by atoms with van der Waals surface area (Å²) in [7, 11) is 4.66. The number of nitrogens with two attached hydrogens (primary N) is 1. The molecular formula is C15H20ClN3O4S. The van der Waals surface area contributed by atoms with Gasteiger partial charge < -0.3 is 25.3 Å². The van der Waals surface area contributed by atoms with E-state index in [-0.39, 0.29) is 24.9 Å². The first-order valence-electron chi connectivity index (χ1n) is 6.84. The lowest BCUT2D eigenvalue weighted by Gasteiger charge is -2.15. The summed E-state index contributed by atoms with van der Waals surface area (Å²) in [6, 6.07) is 3.47. The maximum atomic E-state index is 12.2. The SMILES string of the molecule is COc1cc(OC)c(CNC(=O)c2csc(CN)n2)c(OC)c1.Cl. The molecule has 9 heteroatoms. The van der Waals surface area contributed by atoms with Gasteiger partial charge in [-0.15, -0.1) is 23.7 Å². The van der Waals surface area contributed by atoms with E-state index in [0.717, 1.165) is 10.6 Å². The van der Waals surface area contributed by atoms with Gasteiger partial charge in [-0.2, -0.15) is 0 Å². The van der Waals surface area contributed by atoms with E-state index in [1.807, 2.05) is 0 Å². The zero-order valence-electron chi connectivity index (χ0n) is 13.6. The minimum Gasteiger partial charge on any atom is -0.496 e. The first-order chi connectivity index (χ1) is 11.1. The molecule has 0 aliphatic carbocycles. The lowest BCUT2D eigenvalue weighted by atomic mass is 10.1. The summed E-state index contributed by atoms with van der Waals surface area (Å²) in [6.07, 6.45) is 0. The fourth-order valence-electron chi connectivity index (χ4n) is 2.02. The number of hydrogen-bond donors (Lipinski definition) is 2. The standard InChI is InChI=1S/C15H19N3O4S.ClH/c1-20-9-4-12(21-2)10(13(5-9)22-3)7-17-15(19)11-8-23-14(6-16)18-11;/h4-5,8H,6-7,16H2,1-3H3,(H,17,19);1H. The van der Waals surface area contributed by atoms with Crippen molar-refractivity contribution in [3.8, 4) is 17.2 Å². The summed E-state index contributed by atoms with van der Waals surface area (Å²) >= 11 is 1.36. The van der Waals surface area contributed by atoms with Gasteiger partial charge in [0.2, 0.25) is 0 Å². The molecule has 0 bridgehead atoms. The van der Waals surface area contributed by atoms with Gasteiger partial charge >= 0.3 is 0 Å². The number of nitrogens with one attached hydrogen (secondary N) is 1. The molecule has 1 aromatic carbocycles. The lowest BCUT2D eigenvalue weighted by molar-refractivity contribution is 0.0946. The molecule has 0 aliphatic rings. The molecule has 24 heavy (non-hydrogen) atoms. The normalized spacial score (nSPS) is 9.83. The third-order valence-electron chi connectivity index (χ3n) is 3.20. The molecule has 0 unspecified atom stereocenters. The number of benzene rings is 1. The van der Waals surface area contributed by atoms with Crippen molar-refractivity contribution in [2.24, 2.45) is 5.73 Å². The first-order valence-corrected chi connectivity index (χ1v) is 7.72. The highest BCUT2D eigenvalue weighted by Gasteiger charge is 2.16. The van der Waals surface area contributed by atoms with Crippen LogP contribution in [-0.4, -0.2) is 32.2 Å². The molecule has 2 rings (SSSR count). The number of hydrogen-bond acceptors (Lipinski definition) is 7. The van der Waals surface area contributed by atoms with Crippen LogP contribution in [-0.2, 0) is 13.1 Å². The fraction of sp³-hybridized carbons (Fsp3) is 0.333. The number of amides is 1. The monoisotopic (exact) mass is 373 g/mol. The van der Waals surface area contributed by atoms with Crippen LogP contribution in [0.5, 0.6) is 17.2 Å². The highest BCUT2D eigenvalue weighted by atomic mass is 35.5. The van der Waals surface area contributed by atoms with Crippen LogP contribution in [0.3, 0.4) is 0 Å². The number of methoxy groups -OCH3 is 3. The minimum absolute atomic E-state index is 0.